The van der Waals surface area contributed by atoms with Crippen molar-refractivity contribution in [3.8, 4) is 0 Å². The standard InChI is InChI=1S/C31H40N4O6/c1-30(2,3)41-29(38)35(5)12-11-34(4)13-15-40-14-7-8-21-16-25-26(32-20-21)33-28(37)31(25)18-23-10-9-22(27(36)39-6)17-24(23)19-31/h7-10,16-17,20H,11-15,18-19H2,1-6H3,(H,32,33,37)/b8-7+/t31-/m0/s1. The number of fused-ring (bicyclic) bond motifs is 3. The largest absolute Gasteiger partial charge is 0.465 e. The molecule has 1 aliphatic heterocycles. The van der Waals surface area contributed by atoms with E-state index in [-0.39, 0.29) is 12.0 Å². The van der Waals surface area contributed by atoms with Gasteiger partial charge in [0.2, 0.25) is 5.91 Å². The van der Waals surface area contributed by atoms with Gasteiger partial charge >= 0.3 is 12.1 Å². The number of hydrogen-bond donors (Lipinski definition) is 1. The quantitative estimate of drug-likeness (QED) is 0.344. The van der Waals surface area contributed by atoms with Crippen molar-refractivity contribution < 1.29 is 28.6 Å². The Morgan fingerprint density at radius 3 is 2.59 bits per heavy atom. The number of amides is 2. The summed E-state index contributed by atoms with van der Waals surface area (Å²) in [6.45, 7) is 8.54. The van der Waals surface area contributed by atoms with E-state index < -0.39 is 17.0 Å². The number of aromatic nitrogens is 1. The van der Waals surface area contributed by atoms with Gasteiger partial charge in [0.05, 0.1) is 31.3 Å². The van der Waals surface area contributed by atoms with Gasteiger partial charge < -0.3 is 29.3 Å². The van der Waals surface area contributed by atoms with E-state index in [0.29, 0.717) is 50.5 Å². The van der Waals surface area contributed by atoms with Crippen molar-refractivity contribution in [2.24, 2.45) is 0 Å². The van der Waals surface area contributed by atoms with Crippen LogP contribution in [0.1, 0.15) is 53.4 Å². The molecule has 4 rings (SSSR count). The number of hydrogen-bond acceptors (Lipinski definition) is 8. The van der Waals surface area contributed by atoms with Crippen molar-refractivity contribution in [3.63, 3.8) is 0 Å². The maximum absolute atomic E-state index is 13.2. The first-order valence-corrected chi connectivity index (χ1v) is 13.8. The van der Waals surface area contributed by atoms with Crippen LogP contribution in [-0.2, 0) is 37.3 Å². The third kappa shape index (κ3) is 7.12. The fourth-order valence-corrected chi connectivity index (χ4v) is 5.08. The van der Waals surface area contributed by atoms with E-state index in [1.807, 2.05) is 58.2 Å². The Kier molecular flexibility index (Phi) is 9.14. The van der Waals surface area contributed by atoms with E-state index in [4.69, 9.17) is 14.2 Å². The van der Waals surface area contributed by atoms with Gasteiger partial charge in [-0.1, -0.05) is 18.2 Å². The zero-order valence-electron chi connectivity index (χ0n) is 24.8. The lowest BCUT2D eigenvalue weighted by Gasteiger charge is -2.26. The van der Waals surface area contributed by atoms with Crippen molar-refractivity contribution in [2.75, 3.05) is 59.4 Å². The van der Waals surface area contributed by atoms with E-state index in [2.05, 4.69) is 15.2 Å². The second-order valence-electron chi connectivity index (χ2n) is 11.7. The molecular formula is C31H40N4O6. The number of methoxy groups -OCH3 is 1. The van der Waals surface area contributed by atoms with Crippen molar-refractivity contribution in [1.82, 2.24) is 14.8 Å². The predicted octanol–water partition coefficient (Wildman–Crippen LogP) is 3.69. The van der Waals surface area contributed by atoms with Crippen molar-refractivity contribution in [1.29, 1.82) is 0 Å². The number of esters is 1. The highest BCUT2D eigenvalue weighted by Gasteiger charge is 2.51. The highest BCUT2D eigenvalue weighted by atomic mass is 16.6. The molecule has 0 saturated carbocycles. The van der Waals surface area contributed by atoms with Gasteiger partial charge in [-0.15, -0.1) is 0 Å². The number of rotatable bonds is 10. The second kappa shape index (κ2) is 12.4. The van der Waals surface area contributed by atoms with Gasteiger partial charge in [-0.3, -0.25) is 4.79 Å². The lowest BCUT2D eigenvalue weighted by atomic mass is 9.79. The number of nitrogens with one attached hydrogen (secondary N) is 1. The first kappa shape index (κ1) is 30.2. The third-order valence-corrected chi connectivity index (χ3v) is 7.37. The summed E-state index contributed by atoms with van der Waals surface area (Å²) in [5.74, 6) is 0.130. The van der Waals surface area contributed by atoms with Crippen LogP contribution in [0.4, 0.5) is 10.6 Å². The number of carbonyl (C=O) groups is 3. The molecule has 220 valence electrons. The molecule has 0 unspecified atom stereocenters. The summed E-state index contributed by atoms with van der Waals surface area (Å²) in [6, 6.07) is 7.49. The minimum Gasteiger partial charge on any atom is -0.465 e. The molecule has 2 aromatic rings. The van der Waals surface area contributed by atoms with Gasteiger partial charge in [-0.2, -0.15) is 0 Å². The van der Waals surface area contributed by atoms with Crippen LogP contribution >= 0.6 is 0 Å². The zero-order valence-corrected chi connectivity index (χ0v) is 24.8. The molecule has 1 aliphatic carbocycles. The monoisotopic (exact) mass is 564 g/mol. The molecule has 0 bridgehead atoms. The summed E-state index contributed by atoms with van der Waals surface area (Å²) >= 11 is 0. The zero-order chi connectivity index (χ0) is 29.8. The molecule has 10 nitrogen and oxygen atoms in total. The molecule has 2 heterocycles. The molecule has 0 fully saturated rings. The number of pyridine rings is 1. The van der Waals surface area contributed by atoms with E-state index in [0.717, 1.165) is 28.8 Å². The number of anilines is 1. The van der Waals surface area contributed by atoms with Crippen LogP contribution in [0.5, 0.6) is 0 Å². The minimum absolute atomic E-state index is 0.0679. The normalized spacial score (nSPS) is 17.6. The smallest absolute Gasteiger partial charge is 0.410 e. The molecule has 1 aromatic carbocycles. The van der Waals surface area contributed by atoms with Gasteiger partial charge in [0.25, 0.3) is 0 Å². The Balaban J connectivity index is 1.27. The van der Waals surface area contributed by atoms with Gasteiger partial charge in [0.1, 0.15) is 11.4 Å². The first-order valence-electron chi connectivity index (χ1n) is 13.8. The van der Waals surface area contributed by atoms with Crippen LogP contribution in [0.15, 0.2) is 36.5 Å². The Morgan fingerprint density at radius 2 is 1.85 bits per heavy atom. The average molecular weight is 565 g/mol. The Hall–Kier alpha value is -3.76. The van der Waals surface area contributed by atoms with Crippen LogP contribution in [0.25, 0.3) is 6.08 Å². The third-order valence-electron chi connectivity index (χ3n) is 7.37. The highest BCUT2D eigenvalue weighted by molar-refractivity contribution is 6.06. The molecule has 1 N–H and O–H groups in total. The minimum atomic E-state index is -0.734. The lowest BCUT2D eigenvalue weighted by Crippen LogP contribution is -2.39. The fourth-order valence-electron chi connectivity index (χ4n) is 5.08. The molecule has 10 heteroatoms. The van der Waals surface area contributed by atoms with Gasteiger partial charge in [-0.05, 0) is 75.5 Å². The second-order valence-corrected chi connectivity index (χ2v) is 11.7. The lowest BCUT2D eigenvalue weighted by molar-refractivity contribution is -0.120. The van der Waals surface area contributed by atoms with Crippen molar-refractivity contribution in [3.05, 3.63) is 64.4 Å². The molecule has 2 aliphatic rings. The van der Waals surface area contributed by atoms with Crippen molar-refractivity contribution >= 4 is 29.9 Å². The van der Waals surface area contributed by atoms with Gasteiger partial charge in [0, 0.05) is 38.4 Å². The molecule has 1 spiro atoms. The number of ether oxygens (including phenoxy) is 3. The SMILES string of the molecule is COC(=O)c1ccc2c(c1)C[C@]1(C2)C(=O)Nc2ncc(/C=C/COCCN(C)CCN(C)C(=O)OC(C)(C)C)cc21. The van der Waals surface area contributed by atoms with Crippen LogP contribution < -0.4 is 5.32 Å². The average Bonchev–Trinajstić information content (AvgIpc) is 3.44. The maximum Gasteiger partial charge on any atom is 0.410 e. The van der Waals surface area contributed by atoms with E-state index >= 15 is 0 Å². The fraction of sp³-hybridized carbons (Fsp3) is 0.484. The molecule has 2 amide bonds. The molecule has 0 radical (unpaired) electrons. The number of nitrogens with zero attached hydrogens (tertiary/aromatic N) is 3. The predicted molar refractivity (Wildman–Crippen MR) is 156 cm³/mol. The van der Waals surface area contributed by atoms with Crippen LogP contribution in [0, 0.1) is 0 Å². The number of carbonyl (C=O) groups excluding carboxylic acids is 3. The summed E-state index contributed by atoms with van der Waals surface area (Å²) in [5, 5.41) is 2.94. The summed E-state index contributed by atoms with van der Waals surface area (Å²) < 4.78 is 16.0. The Morgan fingerprint density at radius 1 is 1.10 bits per heavy atom. The molecule has 1 atom stereocenters. The highest BCUT2D eigenvalue weighted by Crippen LogP contribution is 2.47. The van der Waals surface area contributed by atoms with E-state index in [9.17, 15) is 14.4 Å². The topological polar surface area (TPSA) is 110 Å². The molecule has 0 saturated heterocycles. The van der Waals surface area contributed by atoms with Gasteiger partial charge in [-0.25, -0.2) is 14.6 Å². The Bertz CT molecular complexity index is 1330. The molecule has 1 aromatic heterocycles. The first-order chi connectivity index (χ1) is 19.4. The Labute approximate surface area is 241 Å². The molecular weight excluding hydrogens is 524 g/mol. The molecule has 41 heavy (non-hydrogen) atoms. The maximum atomic E-state index is 13.2. The number of benzene rings is 1. The van der Waals surface area contributed by atoms with Gasteiger partial charge in [0.15, 0.2) is 0 Å². The van der Waals surface area contributed by atoms with Crippen LogP contribution in [-0.4, -0.2) is 92.4 Å². The summed E-state index contributed by atoms with van der Waals surface area (Å²) in [7, 11) is 5.08. The van der Waals surface area contributed by atoms with Crippen LogP contribution in [0.2, 0.25) is 0 Å². The van der Waals surface area contributed by atoms with E-state index in [1.54, 1.807) is 24.2 Å². The van der Waals surface area contributed by atoms with Crippen molar-refractivity contribution in [2.45, 2.75) is 44.6 Å². The summed E-state index contributed by atoms with van der Waals surface area (Å²) in [5.41, 5.74) is 3.03. The summed E-state index contributed by atoms with van der Waals surface area (Å²) in [4.78, 5) is 45.4. The summed E-state index contributed by atoms with van der Waals surface area (Å²) in [6.07, 6.45) is 6.35. The van der Waals surface area contributed by atoms with Crippen LogP contribution in [0.3, 0.4) is 0 Å². The van der Waals surface area contributed by atoms with E-state index in [1.165, 1.54) is 7.11 Å². The number of likely N-dealkylation sites (N-methyl/N-ethyl adjacent to an activating group) is 2.